The summed E-state index contributed by atoms with van der Waals surface area (Å²) in [5.74, 6) is 0.432. The van der Waals surface area contributed by atoms with Gasteiger partial charge in [0.25, 0.3) is 5.91 Å². The lowest BCUT2D eigenvalue weighted by molar-refractivity contribution is -0.123. The van der Waals surface area contributed by atoms with Crippen molar-refractivity contribution < 1.29 is 9.59 Å². The minimum Gasteiger partial charge on any atom is -0.367 e. The minimum absolute atomic E-state index is 0.208. The smallest absolute Gasteiger partial charge is 0.332 e. The van der Waals surface area contributed by atoms with Crippen molar-refractivity contribution >= 4 is 23.4 Å². The molecule has 0 spiro atoms. The zero-order valence-corrected chi connectivity index (χ0v) is 14.6. The fourth-order valence-electron chi connectivity index (χ4n) is 3.27. The Balaban J connectivity index is 1.68. The number of likely N-dealkylation sites (N-methyl/N-ethyl adjacent to an activating group) is 1. The number of anilines is 2. The molecule has 2 N–H and O–H groups in total. The Morgan fingerprint density at radius 1 is 1.28 bits per heavy atom. The van der Waals surface area contributed by atoms with Crippen LogP contribution in [-0.2, 0) is 4.79 Å². The summed E-state index contributed by atoms with van der Waals surface area (Å²) in [5.41, 5.74) is -0.394. The molecule has 3 amide bonds. The van der Waals surface area contributed by atoms with E-state index in [2.05, 4.69) is 15.6 Å². The minimum atomic E-state index is -0.861. The van der Waals surface area contributed by atoms with Gasteiger partial charge in [0.2, 0.25) is 0 Å². The fourth-order valence-corrected chi connectivity index (χ4v) is 3.27. The molecule has 0 unspecified atom stereocenters. The van der Waals surface area contributed by atoms with Crippen LogP contribution in [0.4, 0.5) is 16.3 Å². The van der Waals surface area contributed by atoms with Gasteiger partial charge >= 0.3 is 6.03 Å². The van der Waals surface area contributed by atoms with Gasteiger partial charge in [-0.05, 0) is 45.2 Å². The molecule has 8 nitrogen and oxygen atoms in total. The van der Waals surface area contributed by atoms with Gasteiger partial charge in [0.15, 0.2) is 6.19 Å². The summed E-state index contributed by atoms with van der Waals surface area (Å²) in [6.45, 7) is 3.45. The van der Waals surface area contributed by atoms with Crippen molar-refractivity contribution in [2.45, 2.75) is 50.7 Å². The van der Waals surface area contributed by atoms with Gasteiger partial charge in [0, 0.05) is 19.1 Å². The molecule has 8 heteroatoms. The van der Waals surface area contributed by atoms with Gasteiger partial charge in [-0.25, -0.2) is 14.7 Å². The number of nitrogens with one attached hydrogen (secondary N) is 2. The number of urea groups is 1. The molecule has 25 heavy (non-hydrogen) atoms. The van der Waals surface area contributed by atoms with Gasteiger partial charge in [0.1, 0.15) is 11.4 Å². The molecule has 1 aliphatic heterocycles. The zero-order chi connectivity index (χ0) is 18.2. The van der Waals surface area contributed by atoms with E-state index in [0.717, 1.165) is 19.3 Å². The van der Waals surface area contributed by atoms with Gasteiger partial charge in [-0.15, -0.1) is 0 Å². The van der Waals surface area contributed by atoms with Crippen LogP contribution >= 0.6 is 0 Å². The van der Waals surface area contributed by atoms with E-state index in [-0.39, 0.29) is 24.0 Å². The average molecular weight is 342 g/mol. The third-order valence-corrected chi connectivity index (χ3v) is 5.10. The molecule has 132 valence electrons. The van der Waals surface area contributed by atoms with Crippen LogP contribution in [0, 0.1) is 11.5 Å². The first kappa shape index (κ1) is 17.0. The average Bonchev–Trinajstić information content (AvgIpc) is 3.08. The van der Waals surface area contributed by atoms with Crippen molar-refractivity contribution in [2.75, 3.05) is 17.3 Å². The summed E-state index contributed by atoms with van der Waals surface area (Å²) in [4.78, 5) is 31.8. The van der Waals surface area contributed by atoms with Crippen LogP contribution in [-0.4, -0.2) is 46.5 Å². The summed E-state index contributed by atoms with van der Waals surface area (Å²) in [6, 6.07) is 3.61. The van der Waals surface area contributed by atoms with Gasteiger partial charge in [-0.2, -0.15) is 5.26 Å². The number of pyridine rings is 1. The Bertz CT molecular complexity index is 724. The number of amides is 3. The molecule has 1 aromatic heterocycles. The first-order valence-corrected chi connectivity index (χ1v) is 8.34. The van der Waals surface area contributed by atoms with Crippen molar-refractivity contribution in [1.82, 2.24) is 15.2 Å². The second kappa shape index (κ2) is 6.24. The topological polar surface area (TPSA) is 101 Å². The Labute approximate surface area is 146 Å². The Kier molecular flexibility index (Phi) is 4.25. The lowest BCUT2D eigenvalue weighted by Crippen LogP contribution is -2.41. The van der Waals surface area contributed by atoms with Crippen molar-refractivity contribution in [3.63, 3.8) is 0 Å². The third-order valence-electron chi connectivity index (χ3n) is 5.10. The molecular weight excluding hydrogens is 320 g/mol. The maximum Gasteiger partial charge on any atom is 0.332 e. The predicted octanol–water partition coefficient (Wildman–Crippen LogP) is 1.66. The maximum absolute atomic E-state index is 12.5. The van der Waals surface area contributed by atoms with Crippen molar-refractivity contribution in [3.8, 4) is 6.19 Å². The van der Waals surface area contributed by atoms with E-state index < -0.39 is 5.54 Å². The third kappa shape index (κ3) is 2.97. The molecule has 1 saturated heterocycles. The van der Waals surface area contributed by atoms with E-state index in [4.69, 9.17) is 5.26 Å². The molecule has 2 aliphatic rings. The normalized spacial score (nSPS) is 25.2. The van der Waals surface area contributed by atoms with Gasteiger partial charge in [-0.1, -0.05) is 0 Å². The van der Waals surface area contributed by atoms with Gasteiger partial charge in [-0.3, -0.25) is 4.79 Å². The van der Waals surface area contributed by atoms with Crippen molar-refractivity contribution in [3.05, 3.63) is 18.3 Å². The number of carbonyl (C=O) groups excluding carboxylic acids is 2. The van der Waals surface area contributed by atoms with Crippen LogP contribution in [0.2, 0.25) is 0 Å². The molecular formula is C17H22N6O2. The number of nitriles is 1. The highest BCUT2D eigenvalue weighted by atomic mass is 16.2. The highest BCUT2D eigenvalue weighted by Gasteiger charge is 2.50. The second-order valence-corrected chi connectivity index (χ2v) is 7.05. The summed E-state index contributed by atoms with van der Waals surface area (Å²) in [6.07, 6.45) is 6.29. The number of carbonyl (C=O) groups is 2. The van der Waals surface area contributed by atoms with E-state index >= 15 is 0 Å². The summed E-state index contributed by atoms with van der Waals surface area (Å²) in [5, 5.41) is 14.8. The van der Waals surface area contributed by atoms with Gasteiger partial charge < -0.3 is 15.5 Å². The van der Waals surface area contributed by atoms with E-state index in [9.17, 15) is 9.59 Å². The van der Waals surface area contributed by atoms with Crippen LogP contribution in [0.1, 0.15) is 33.1 Å². The molecule has 2 heterocycles. The molecule has 2 fully saturated rings. The van der Waals surface area contributed by atoms with Crippen LogP contribution in [0.3, 0.4) is 0 Å². The molecule has 0 aromatic carbocycles. The van der Waals surface area contributed by atoms with E-state index in [1.807, 2.05) is 6.19 Å². The molecule has 0 radical (unpaired) electrons. The number of aromatic nitrogens is 1. The number of hydrogen-bond acceptors (Lipinski definition) is 6. The standard InChI is InChI=1S/C17H22N6O2/c1-17(2)15(24)23(16(25)22(17)3)13-6-7-14(19-9-13)21-12-5-4-11(8-12)20-10-18/h6-7,9,11-12,20H,4-5,8H2,1-3H3,(H,19,21)/t11-,12-/m0/s1. The summed E-state index contributed by atoms with van der Waals surface area (Å²) >= 11 is 0. The Morgan fingerprint density at radius 3 is 2.56 bits per heavy atom. The molecule has 1 aliphatic carbocycles. The Morgan fingerprint density at radius 2 is 2.00 bits per heavy atom. The molecule has 1 saturated carbocycles. The zero-order valence-electron chi connectivity index (χ0n) is 14.6. The molecule has 0 bridgehead atoms. The SMILES string of the molecule is CN1C(=O)N(c2ccc(N[C@H]3CC[C@H](NC#N)C3)nc2)C(=O)C1(C)C. The largest absolute Gasteiger partial charge is 0.367 e. The monoisotopic (exact) mass is 342 g/mol. The highest BCUT2D eigenvalue weighted by Crippen LogP contribution is 2.31. The number of hydrogen-bond donors (Lipinski definition) is 2. The fraction of sp³-hybridized carbons (Fsp3) is 0.529. The van der Waals surface area contributed by atoms with Crippen molar-refractivity contribution in [1.29, 1.82) is 5.26 Å². The lowest BCUT2D eigenvalue weighted by atomic mass is 10.1. The Hall–Kier alpha value is -2.82. The summed E-state index contributed by atoms with van der Waals surface area (Å²) in [7, 11) is 1.62. The number of rotatable bonds is 4. The lowest BCUT2D eigenvalue weighted by Gasteiger charge is -2.22. The molecule has 3 rings (SSSR count). The second-order valence-electron chi connectivity index (χ2n) is 7.05. The molecule has 1 aromatic rings. The van der Waals surface area contributed by atoms with Crippen molar-refractivity contribution in [2.24, 2.45) is 0 Å². The first-order chi connectivity index (χ1) is 11.8. The summed E-state index contributed by atoms with van der Waals surface area (Å²) < 4.78 is 0. The quantitative estimate of drug-likeness (QED) is 0.490. The van der Waals surface area contributed by atoms with E-state index in [1.54, 1.807) is 33.0 Å². The van der Waals surface area contributed by atoms with Crippen LogP contribution in [0.25, 0.3) is 0 Å². The van der Waals surface area contributed by atoms with Gasteiger partial charge in [0.05, 0.1) is 11.9 Å². The maximum atomic E-state index is 12.5. The van der Waals surface area contributed by atoms with Crippen LogP contribution in [0.5, 0.6) is 0 Å². The first-order valence-electron chi connectivity index (χ1n) is 8.34. The van der Waals surface area contributed by atoms with Crippen LogP contribution in [0.15, 0.2) is 18.3 Å². The van der Waals surface area contributed by atoms with E-state index in [0.29, 0.717) is 11.5 Å². The number of nitrogens with zero attached hydrogens (tertiary/aromatic N) is 4. The predicted molar refractivity (Wildman–Crippen MR) is 92.8 cm³/mol. The number of imide groups is 1. The van der Waals surface area contributed by atoms with Crippen LogP contribution < -0.4 is 15.5 Å². The highest BCUT2D eigenvalue weighted by molar-refractivity contribution is 6.22. The van der Waals surface area contributed by atoms with E-state index in [1.165, 1.54) is 16.0 Å². The molecule has 2 atom stereocenters.